The molecule has 2 aromatic rings. The van der Waals surface area contributed by atoms with Crippen LogP contribution in [-0.2, 0) is 14.3 Å². The first-order chi connectivity index (χ1) is 13.3. The Morgan fingerprint density at radius 1 is 1.18 bits per heavy atom. The van der Waals surface area contributed by atoms with Crippen LogP contribution >= 0.6 is 23.2 Å². The summed E-state index contributed by atoms with van der Waals surface area (Å²) in [6, 6.07) is 10.2. The number of carbonyl (C=O) groups is 3. The average molecular weight is 420 g/mol. The van der Waals surface area contributed by atoms with Gasteiger partial charge in [-0.15, -0.1) is 0 Å². The fourth-order valence-corrected chi connectivity index (χ4v) is 3.69. The lowest BCUT2D eigenvalue weighted by atomic mass is 10.1. The van der Waals surface area contributed by atoms with E-state index in [4.69, 9.17) is 27.9 Å². The zero-order valence-corrected chi connectivity index (χ0v) is 17.0. The van der Waals surface area contributed by atoms with Crippen molar-refractivity contribution in [3.8, 4) is 0 Å². The Morgan fingerprint density at radius 2 is 1.93 bits per heavy atom. The molecule has 1 aliphatic heterocycles. The van der Waals surface area contributed by atoms with Crippen molar-refractivity contribution in [1.29, 1.82) is 0 Å². The van der Waals surface area contributed by atoms with E-state index in [-0.39, 0.29) is 29.5 Å². The van der Waals surface area contributed by atoms with Crippen LogP contribution < -0.4 is 4.90 Å². The summed E-state index contributed by atoms with van der Waals surface area (Å²) in [5.74, 6) is -1.74. The van der Waals surface area contributed by atoms with Crippen molar-refractivity contribution < 1.29 is 19.1 Å². The molecule has 0 bridgehead atoms. The number of aryl methyl sites for hydroxylation is 1. The molecule has 0 unspecified atom stereocenters. The predicted molar refractivity (Wildman–Crippen MR) is 108 cm³/mol. The van der Waals surface area contributed by atoms with E-state index in [0.717, 1.165) is 16.8 Å². The van der Waals surface area contributed by atoms with Crippen LogP contribution in [0.2, 0.25) is 10.0 Å². The van der Waals surface area contributed by atoms with E-state index < -0.39 is 24.3 Å². The summed E-state index contributed by atoms with van der Waals surface area (Å²) in [6.45, 7) is 3.71. The molecular weight excluding hydrogens is 401 g/mol. The molecule has 1 aliphatic rings. The molecule has 0 N–H and O–H groups in total. The monoisotopic (exact) mass is 419 g/mol. The smallest absolute Gasteiger partial charge is 0.311 e. The van der Waals surface area contributed by atoms with Crippen molar-refractivity contribution in [3.63, 3.8) is 0 Å². The maximum absolute atomic E-state index is 12.4. The Kier molecular flexibility index (Phi) is 6.06. The molecule has 0 aromatic heterocycles. The first-order valence-corrected chi connectivity index (χ1v) is 9.55. The number of carbonyl (C=O) groups excluding carboxylic acids is 3. The predicted octanol–water partition coefficient (Wildman–Crippen LogP) is 4.39. The molecule has 0 aliphatic carbocycles. The lowest BCUT2D eigenvalue weighted by Crippen LogP contribution is -2.28. The summed E-state index contributed by atoms with van der Waals surface area (Å²) in [7, 11) is 0. The molecule has 1 saturated heterocycles. The third kappa shape index (κ3) is 4.21. The molecule has 0 spiro atoms. The van der Waals surface area contributed by atoms with Crippen LogP contribution in [-0.4, -0.2) is 30.8 Å². The summed E-state index contributed by atoms with van der Waals surface area (Å²) in [5.41, 5.74) is 3.10. The van der Waals surface area contributed by atoms with Gasteiger partial charge in [0.05, 0.1) is 10.9 Å². The zero-order valence-electron chi connectivity index (χ0n) is 15.5. The van der Waals surface area contributed by atoms with Gasteiger partial charge in [0.1, 0.15) is 0 Å². The molecule has 28 heavy (non-hydrogen) atoms. The second-order valence-electron chi connectivity index (χ2n) is 6.78. The molecule has 0 saturated carbocycles. The third-order valence-corrected chi connectivity index (χ3v) is 5.45. The topological polar surface area (TPSA) is 63.7 Å². The number of hydrogen-bond donors (Lipinski definition) is 0. The van der Waals surface area contributed by atoms with Gasteiger partial charge in [0.2, 0.25) is 11.7 Å². The highest BCUT2D eigenvalue weighted by atomic mass is 35.5. The summed E-state index contributed by atoms with van der Waals surface area (Å²) in [6.07, 6.45) is 0.0576. The molecule has 1 amide bonds. The largest absolute Gasteiger partial charge is 0.457 e. The van der Waals surface area contributed by atoms with Crippen LogP contribution in [0.25, 0.3) is 0 Å². The van der Waals surface area contributed by atoms with Crippen LogP contribution in [0.4, 0.5) is 5.69 Å². The highest BCUT2D eigenvalue weighted by molar-refractivity contribution is 6.36. The van der Waals surface area contributed by atoms with Gasteiger partial charge in [-0.05, 0) is 49.2 Å². The number of ketones is 1. The van der Waals surface area contributed by atoms with Crippen LogP contribution in [0, 0.1) is 19.8 Å². The number of anilines is 1. The quantitative estimate of drug-likeness (QED) is 0.532. The Morgan fingerprint density at radius 3 is 2.64 bits per heavy atom. The van der Waals surface area contributed by atoms with Crippen molar-refractivity contribution in [2.24, 2.45) is 5.92 Å². The molecule has 3 rings (SSSR count). The number of amides is 1. The van der Waals surface area contributed by atoms with Gasteiger partial charge in [-0.1, -0.05) is 35.3 Å². The fraction of sp³-hybridized carbons (Fsp3) is 0.286. The van der Waals surface area contributed by atoms with E-state index in [1.165, 1.54) is 12.1 Å². The minimum Gasteiger partial charge on any atom is -0.457 e. The highest BCUT2D eigenvalue weighted by Crippen LogP contribution is 2.30. The Balaban J connectivity index is 1.63. The molecule has 1 fully saturated rings. The molecule has 1 heterocycles. The van der Waals surface area contributed by atoms with Crippen LogP contribution in [0.5, 0.6) is 0 Å². The van der Waals surface area contributed by atoms with Gasteiger partial charge in [-0.3, -0.25) is 14.4 Å². The number of hydrogen-bond acceptors (Lipinski definition) is 4. The van der Waals surface area contributed by atoms with Crippen molar-refractivity contribution in [2.75, 3.05) is 18.1 Å². The second-order valence-corrected chi connectivity index (χ2v) is 7.62. The van der Waals surface area contributed by atoms with Crippen molar-refractivity contribution in [2.45, 2.75) is 20.3 Å². The number of Topliss-reactive ketones (excluding diaryl/α,β-unsaturated/α-hetero) is 1. The van der Waals surface area contributed by atoms with Crippen molar-refractivity contribution in [3.05, 3.63) is 63.1 Å². The fourth-order valence-electron chi connectivity index (χ4n) is 3.17. The first-order valence-electron chi connectivity index (χ1n) is 8.79. The van der Waals surface area contributed by atoms with Crippen LogP contribution in [0.15, 0.2) is 36.4 Å². The van der Waals surface area contributed by atoms with Gasteiger partial charge < -0.3 is 9.64 Å². The second kappa shape index (κ2) is 8.33. The van der Waals surface area contributed by atoms with Gasteiger partial charge in [0, 0.05) is 29.2 Å². The van der Waals surface area contributed by atoms with Crippen LogP contribution in [0.3, 0.4) is 0 Å². The van der Waals surface area contributed by atoms with E-state index in [0.29, 0.717) is 5.02 Å². The van der Waals surface area contributed by atoms with E-state index in [1.54, 1.807) is 11.0 Å². The van der Waals surface area contributed by atoms with E-state index in [2.05, 4.69) is 0 Å². The minimum atomic E-state index is -0.610. The Labute approximate surface area is 173 Å². The molecular formula is C21H19Cl2NO4. The lowest BCUT2D eigenvalue weighted by molar-refractivity contribution is -0.147. The standard InChI is InChI=1S/C21H19Cl2NO4/c1-12-4-3-5-18(13(12)2)24-10-14(8-20(24)26)21(27)28-11-19(25)16-7-6-15(22)9-17(16)23/h3-7,9,14H,8,10-11H2,1-2H3/t14-/m0/s1. The molecule has 146 valence electrons. The number of benzene rings is 2. The lowest BCUT2D eigenvalue weighted by Gasteiger charge is -2.20. The normalized spacial score (nSPS) is 16.4. The van der Waals surface area contributed by atoms with Crippen molar-refractivity contribution in [1.82, 2.24) is 0 Å². The van der Waals surface area contributed by atoms with Crippen molar-refractivity contribution >= 4 is 46.5 Å². The van der Waals surface area contributed by atoms with E-state index >= 15 is 0 Å². The van der Waals surface area contributed by atoms with Gasteiger partial charge in [-0.2, -0.15) is 0 Å². The summed E-state index contributed by atoms with van der Waals surface area (Å²) in [4.78, 5) is 38.6. The first kappa shape index (κ1) is 20.4. The SMILES string of the molecule is Cc1cccc(N2C[C@@H](C(=O)OCC(=O)c3ccc(Cl)cc3Cl)CC2=O)c1C. The molecule has 0 radical (unpaired) electrons. The maximum Gasteiger partial charge on any atom is 0.311 e. The van der Waals surface area contributed by atoms with Gasteiger partial charge in [0.25, 0.3) is 0 Å². The number of halogens is 2. The summed E-state index contributed by atoms with van der Waals surface area (Å²) in [5, 5.41) is 0.611. The molecule has 1 atom stereocenters. The van der Waals surface area contributed by atoms with Gasteiger partial charge in [-0.25, -0.2) is 0 Å². The summed E-state index contributed by atoms with van der Waals surface area (Å²) >= 11 is 11.8. The zero-order chi connectivity index (χ0) is 20.4. The van der Waals surface area contributed by atoms with E-state index in [1.807, 2.05) is 32.0 Å². The highest BCUT2D eigenvalue weighted by Gasteiger charge is 2.37. The average Bonchev–Trinajstić information content (AvgIpc) is 3.03. The van der Waals surface area contributed by atoms with E-state index in [9.17, 15) is 14.4 Å². The summed E-state index contributed by atoms with van der Waals surface area (Å²) < 4.78 is 5.15. The number of ether oxygens (including phenoxy) is 1. The number of nitrogens with zero attached hydrogens (tertiary/aromatic N) is 1. The minimum absolute atomic E-state index is 0.0576. The Hall–Kier alpha value is -2.37. The van der Waals surface area contributed by atoms with Crippen LogP contribution in [0.1, 0.15) is 27.9 Å². The number of esters is 1. The Bertz CT molecular complexity index is 957. The van der Waals surface area contributed by atoms with Gasteiger partial charge in [0.15, 0.2) is 6.61 Å². The van der Waals surface area contributed by atoms with Gasteiger partial charge >= 0.3 is 5.97 Å². The number of rotatable bonds is 5. The molecule has 2 aromatic carbocycles. The maximum atomic E-state index is 12.4. The molecule has 5 nitrogen and oxygen atoms in total. The third-order valence-electron chi connectivity index (χ3n) is 4.90. The molecule has 7 heteroatoms.